The maximum absolute atomic E-state index is 11.1. The van der Waals surface area contributed by atoms with Gasteiger partial charge in [0.1, 0.15) is 11.4 Å². The first-order chi connectivity index (χ1) is 9.51. The fraction of sp³-hybridized carbons (Fsp3) is 0.571. The van der Waals surface area contributed by atoms with Gasteiger partial charge in [0.15, 0.2) is 0 Å². The molecule has 1 N–H and O–H groups in total. The molecule has 0 aromatic heterocycles. The van der Waals surface area contributed by atoms with Crippen LogP contribution in [-0.2, 0) is 0 Å². The number of ether oxygens (including phenoxy) is 1. The van der Waals surface area contributed by atoms with Gasteiger partial charge in [0.05, 0.1) is 18.1 Å². The van der Waals surface area contributed by atoms with Gasteiger partial charge < -0.3 is 15.0 Å². The Morgan fingerprint density at radius 3 is 2.55 bits per heavy atom. The molecule has 0 aliphatic carbocycles. The van der Waals surface area contributed by atoms with E-state index in [9.17, 15) is 10.1 Å². The number of methoxy groups -OCH3 is 1. The smallest absolute Gasteiger partial charge is 0.296 e. The van der Waals surface area contributed by atoms with E-state index in [2.05, 4.69) is 24.1 Å². The molecule has 0 saturated carbocycles. The van der Waals surface area contributed by atoms with Gasteiger partial charge in [0.25, 0.3) is 5.69 Å². The fourth-order valence-corrected chi connectivity index (χ4v) is 2.09. The van der Waals surface area contributed by atoms with E-state index in [4.69, 9.17) is 4.74 Å². The van der Waals surface area contributed by atoms with Crippen LogP contribution in [0.4, 0.5) is 11.4 Å². The van der Waals surface area contributed by atoms with E-state index in [1.807, 2.05) is 6.92 Å². The van der Waals surface area contributed by atoms with Crippen molar-refractivity contribution >= 4 is 11.4 Å². The molecule has 0 spiro atoms. The number of nitrogens with one attached hydrogen (secondary N) is 1. The first kappa shape index (κ1) is 16.2. The quantitative estimate of drug-likeness (QED) is 0.586. The van der Waals surface area contributed by atoms with Crippen LogP contribution in [0.3, 0.4) is 0 Å². The highest BCUT2D eigenvalue weighted by molar-refractivity contribution is 5.64. The Kier molecular flexibility index (Phi) is 6.24. The molecule has 0 heterocycles. The number of hydrogen-bond donors (Lipinski definition) is 1. The van der Waals surface area contributed by atoms with E-state index < -0.39 is 4.92 Å². The van der Waals surface area contributed by atoms with Gasteiger partial charge in [-0.05, 0) is 32.1 Å². The standard InChI is InChI=1S/C14H23N3O3/c1-5-16(6-2)10-11(3)15-13-8-7-12(20-4)9-14(13)17(18)19/h7-9,11,15H,5-6,10H2,1-4H3. The topological polar surface area (TPSA) is 67.6 Å². The van der Waals surface area contributed by atoms with E-state index in [0.717, 1.165) is 19.6 Å². The summed E-state index contributed by atoms with van der Waals surface area (Å²) in [4.78, 5) is 13.0. The van der Waals surface area contributed by atoms with Gasteiger partial charge in [-0.15, -0.1) is 0 Å². The lowest BCUT2D eigenvalue weighted by Gasteiger charge is -2.24. The highest BCUT2D eigenvalue weighted by atomic mass is 16.6. The number of nitrogens with zero attached hydrogens (tertiary/aromatic N) is 2. The number of rotatable bonds is 8. The van der Waals surface area contributed by atoms with Gasteiger partial charge in [-0.25, -0.2) is 0 Å². The monoisotopic (exact) mass is 281 g/mol. The van der Waals surface area contributed by atoms with E-state index >= 15 is 0 Å². The minimum Gasteiger partial charge on any atom is -0.496 e. The lowest BCUT2D eigenvalue weighted by molar-refractivity contribution is -0.384. The van der Waals surface area contributed by atoms with E-state index in [0.29, 0.717) is 11.4 Å². The molecule has 1 rings (SSSR count). The van der Waals surface area contributed by atoms with Crippen molar-refractivity contribution in [1.82, 2.24) is 4.90 Å². The van der Waals surface area contributed by atoms with Crippen molar-refractivity contribution in [2.75, 3.05) is 32.1 Å². The van der Waals surface area contributed by atoms with Crippen molar-refractivity contribution in [3.8, 4) is 5.75 Å². The van der Waals surface area contributed by atoms with Crippen LogP contribution in [0.2, 0.25) is 0 Å². The highest BCUT2D eigenvalue weighted by Gasteiger charge is 2.17. The van der Waals surface area contributed by atoms with Crippen molar-refractivity contribution in [2.45, 2.75) is 26.8 Å². The number of nitro benzene ring substituents is 1. The molecule has 6 heteroatoms. The third-order valence-electron chi connectivity index (χ3n) is 3.23. The van der Waals surface area contributed by atoms with Gasteiger partial charge in [-0.1, -0.05) is 13.8 Å². The summed E-state index contributed by atoms with van der Waals surface area (Å²) in [5, 5.41) is 14.3. The van der Waals surface area contributed by atoms with Crippen molar-refractivity contribution in [2.24, 2.45) is 0 Å². The predicted molar refractivity (Wildman–Crippen MR) is 80.5 cm³/mol. The van der Waals surface area contributed by atoms with E-state index in [1.54, 1.807) is 12.1 Å². The van der Waals surface area contributed by atoms with Crippen LogP contribution < -0.4 is 10.1 Å². The van der Waals surface area contributed by atoms with Gasteiger partial charge in [-0.3, -0.25) is 10.1 Å². The minimum absolute atomic E-state index is 0.0377. The molecule has 1 aromatic carbocycles. The Balaban J connectivity index is 2.83. The Bertz CT molecular complexity index is 447. The summed E-state index contributed by atoms with van der Waals surface area (Å²) in [7, 11) is 1.50. The molecular formula is C14H23N3O3. The fourth-order valence-electron chi connectivity index (χ4n) is 2.09. The van der Waals surface area contributed by atoms with Gasteiger partial charge in [0, 0.05) is 12.6 Å². The molecule has 112 valence electrons. The average molecular weight is 281 g/mol. The van der Waals surface area contributed by atoms with E-state index in [1.165, 1.54) is 13.2 Å². The molecule has 20 heavy (non-hydrogen) atoms. The average Bonchev–Trinajstić information content (AvgIpc) is 2.44. The van der Waals surface area contributed by atoms with Crippen molar-refractivity contribution < 1.29 is 9.66 Å². The molecule has 0 aliphatic rings. The molecule has 1 atom stereocenters. The normalized spacial score (nSPS) is 12.2. The third kappa shape index (κ3) is 4.38. The first-order valence-electron chi connectivity index (χ1n) is 6.83. The second kappa shape index (κ2) is 7.69. The zero-order chi connectivity index (χ0) is 15.1. The van der Waals surface area contributed by atoms with Crippen molar-refractivity contribution in [1.29, 1.82) is 0 Å². The van der Waals surface area contributed by atoms with Gasteiger partial charge in [-0.2, -0.15) is 0 Å². The van der Waals surface area contributed by atoms with Crippen molar-refractivity contribution in [3.05, 3.63) is 28.3 Å². The Hall–Kier alpha value is -1.82. The first-order valence-corrected chi connectivity index (χ1v) is 6.83. The van der Waals surface area contributed by atoms with Crippen LogP contribution in [0.25, 0.3) is 0 Å². The second-order valence-corrected chi connectivity index (χ2v) is 4.67. The number of benzene rings is 1. The minimum atomic E-state index is -0.394. The summed E-state index contributed by atoms with van der Waals surface area (Å²) in [5.74, 6) is 0.485. The molecule has 0 bridgehead atoms. The lowest BCUT2D eigenvalue weighted by atomic mass is 10.2. The summed E-state index contributed by atoms with van der Waals surface area (Å²) in [6.07, 6.45) is 0. The number of anilines is 1. The Labute approximate surface area is 119 Å². The summed E-state index contributed by atoms with van der Waals surface area (Å²) in [5.41, 5.74) is 0.561. The van der Waals surface area contributed by atoms with Gasteiger partial charge >= 0.3 is 0 Å². The largest absolute Gasteiger partial charge is 0.496 e. The van der Waals surface area contributed by atoms with E-state index in [-0.39, 0.29) is 11.7 Å². The molecule has 1 unspecified atom stereocenters. The highest BCUT2D eigenvalue weighted by Crippen LogP contribution is 2.29. The number of likely N-dealkylation sites (N-methyl/N-ethyl adjacent to an activating group) is 1. The van der Waals surface area contributed by atoms with Crippen LogP contribution in [0.1, 0.15) is 20.8 Å². The molecule has 0 saturated heterocycles. The van der Waals surface area contributed by atoms with Crippen LogP contribution in [0.15, 0.2) is 18.2 Å². The lowest BCUT2D eigenvalue weighted by Crippen LogP contribution is -2.34. The molecular weight excluding hydrogens is 258 g/mol. The molecule has 0 amide bonds. The molecule has 1 aromatic rings. The van der Waals surface area contributed by atoms with Crippen LogP contribution in [-0.4, -0.2) is 42.6 Å². The Morgan fingerprint density at radius 1 is 1.40 bits per heavy atom. The Morgan fingerprint density at radius 2 is 2.05 bits per heavy atom. The van der Waals surface area contributed by atoms with Crippen LogP contribution in [0.5, 0.6) is 5.75 Å². The SMILES string of the molecule is CCN(CC)CC(C)Nc1ccc(OC)cc1[N+](=O)[O-]. The molecule has 0 radical (unpaired) electrons. The van der Waals surface area contributed by atoms with Crippen LogP contribution in [0, 0.1) is 10.1 Å². The summed E-state index contributed by atoms with van der Waals surface area (Å²) in [6, 6.07) is 4.98. The summed E-state index contributed by atoms with van der Waals surface area (Å²) in [6.45, 7) is 9.00. The zero-order valence-corrected chi connectivity index (χ0v) is 12.5. The summed E-state index contributed by atoms with van der Waals surface area (Å²) < 4.78 is 5.02. The second-order valence-electron chi connectivity index (χ2n) is 4.67. The maximum atomic E-state index is 11.1. The maximum Gasteiger partial charge on any atom is 0.296 e. The van der Waals surface area contributed by atoms with Crippen LogP contribution >= 0.6 is 0 Å². The molecule has 0 aliphatic heterocycles. The molecule has 6 nitrogen and oxygen atoms in total. The predicted octanol–water partition coefficient (Wildman–Crippen LogP) is 2.75. The molecule has 0 fully saturated rings. The number of nitro groups is 1. The third-order valence-corrected chi connectivity index (χ3v) is 3.23. The number of hydrogen-bond acceptors (Lipinski definition) is 5. The zero-order valence-electron chi connectivity index (χ0n) is 12.5. The van der Waals surface area contributed by atoms with Crippen molar-refractivity contribution in [3.63, 3.8) is 0 Å². The van der Waals surface area contributed by atoms with Gasteiger partial charge in [0.2, 0.25) is 0 Å². The summed E-state index contributed by atoms with van der Waals surface area (Å²) >= 11 is 0.